The second-order valence-corrected chi connectivity index (χ2v) is 5.26. The van der Waals surface area contributed by atoms with Crippen LogP contribution in [0.4, 0.5) is 4.79 Å². The monoisotopic (exact) mass is 272 g/mol. The fraction of sp³-hybridized carbons (Fsp3) is 0.375. The summed E-state index contributed by atoms with van der Waals surface area (Å²) in [5.74, 6) is -0.240. The summed E-state index contributed by atoms with van der Waals surface area (Å²) >= 11 is 0. The zero-order valence-electron chi connectivity index (χ0n) is 12.4. The fourth-order valence-corrected chi connectivity index (χ4v) is 2.56. The highest BCUT2D eigenvalue weighted by molar-refractivity contribution is 6.14. The second kappa shape index (κ2) is 5.49. The molecule has 0 bridgehead atoms. The number of hydrogen-bond acceptors (Lipinski definition) is 2. The number of nitrogens with zero attached hydrogens (tertiary/aromatic N) is 1. The van der Waals surface area contributed by atoms with Crippen LogP contribution in [-0.4, -0.2) is 23.4 Å². The Hall–Kier alpha value is -2.10. The van der Waals surface area contributed by atoms with Crippen molar-refractivity contribution in [1.82, 2.24) is 10.2 Å². The minimum absolute atomic E-state index is 0.240. The first-order chi connectivity index (χ1) is 9.43. The standard InChI is InChI=1S/C16H20N2O2/c1-5-6-18-15(19)14(17-16(18)20)9-13-11(3)7-10(2)8-12(13)4/h7-9H,5-6H2,1-4H3,(H,17,20)/b14-9+. The van der Waals surface area contributed by atoms with Crippen LogP contribution < -0.4 is 5.32 Å². The quantitative estimate of drug-likeness (QED) is 0.679. The molecule has 3 amide bonds. The Kier molecular flexibility index (Phi) is 3.93. The van der Waals surface area contributed by atoms with Gasteiger partial charge in [-0.15, -0.1) is 0 Å². The van der Waals surface area contributed by atoms with Crippen molar-refractivity contribution in [2.75, 3.05) is 6.54 Å². The second-order valence-electron chi connectivity index (χ2n) is 5.26. The van der Waals surface area contributed by atoms with Gasteiger partial charge in [0, 0.05) is 6.54 Å². The van der Waals surface area contributed by atoms with Crippen molar-refractivity contribution in [2.24, 2.45) is 0 Å². The van der Waals surface area contributed by atoms with E-state index in [1.54, 1.807) is 6.08 Å². The highest BCUT2D eigenvalue weighted by atomic mass is 16.2. The third-order valence-electron chi connectivity index (χ3n) is 3.44. The van der Waals surface area contributed by atoms with Crippen LogP contribution in [-0.2, 0) is 4.79 Å². The molecule has 0 unspecified atom stereocenters. The molecule has 2 rings (SSSR count). The van der Waals surface area contributed by atoms with Gasteiger partial charge in [0.05, 0.1) is 0 Å². The van der Waals surface area contributed by atoms with Crippen molar-refractivity contribution in [3.63, 3.8) is 0 Å². The van der Waals surface area contributed by atoms with Gasteiger partial charge in [0.2, 0.25) is 0 Å². The van der Waals surface area contributed by atoms with Crippen LogP contribution in [0.2, 0.25) is 0 Å². The SMILES string of the molecule is CCCN1C(=O)N/C(=C/c2c(C)cc(C)cc2C)C1=O. The molecular formula is C16H20N2O2. The first kappa shape index (κ1) is 14.3. The summed E-state index contributed by atoms with van der Waals surface area (Å²) < 4.78 is 0. The van der Waals surface area contributed by atoms with Crippen LogP contribution in [0.25, 0.3) is 6.08 Å². The average Bonchev–Trinajstić information content (AvgIpc) is 2.62. The van der Waals surface area contributed by atoms with E-state index in [4.69, 9.17) is 0 Å². The Labute approximate surface area is 119 Å². The third-order valence-corrected chi connectivity index (χ3v) is 3.44. The molecule has 0 aliphatic carbocycles. The lowest BCUT2D eigenvalue weighted by atomic mass is 9.99. The molecule has 106 valence electrons. The number of imide groups is 1. The lowest BCUT2D eigenvalue weighted by Crippen LogP contribution is -2.31. The molecular weight excluding hydrogens is 252 g/mol. The molecule has 1 aromatic carbocycles. The summed E-state index contributed by atoms with van der Waals surface area (Å²) in [5.41, 5.74) is 4.75. The zero-order valence-corrected chi connectivity index (χ0v) is 12.4. The van der Waals surface area contributed by atoms with Crippen LogP contribution in [0, 0.1) is 20.8 Å². The molecule has 1 aliphatic heterocycles. The number of amides is 3. The molecule has 4 heteroatoms. The number of hydrogen-bond donors (Lipinski definition) is 1. The highest BCUT2D eigenvalue weighted by Gasteiger charge is 2.32. The predicted molar refractivity (Wildman–Crippen MR) is 79.2 cm³/mol. The normalized spacial score (nSPS) is 17.0. The smallest absolute Gasteiger partial charge is 0.303 e. The maximum atomic E-state index is 12.2. The van der Waals surface area contributed by atoms with E-state index in [0.717, 1.165) is 23.1 Å². The van der Waals surface area contributed by atoms with E-state index >= 15 is 0 Å². The maximum Gasteiger partial charge on any atom is 0.329 e. The molecule has 1 saturated heterocycles. The number of benzene rings is 1. The van der Waals surface area contributed by atoms with Gasteiger partial charge < -0.3 is 5.32 Å². The molecule has 0 radical (unpaired) electrons. The molecule has 0 aromatic heterocycles. The molecule has 4 nitrogen and oxygen atoms in total. The van der Waals surface area contributed by atoms with Gasteiger partial charge in [0.15, 0.2) is 0 Å². The Morgan fingerprint density at radius 2 is 1.75 bits per heavy atom. The summed E-state index contributed by atoms with van der Waals surface area (Å²) in [6, 6.07) is 3.82. The van der Waals surface area contributed by atoms with E-state index in [0.29, 0.717) is 12.2 Å². The molecule has 1 aliphatic rings. The first-order valence-corrected chi connectivity index (χ1v) is 6.86. The molecule has 1 heterocycles. The molecule has 0 saturated carbocycles. The molecule has 0 atom stereocenters. The van der Waals surface area contributed by atoms with E-state index in [-0.39, 0.29) is 11.9 Å². The van der Waals surface area contributed by atoms with E-state index in [1.807, 2.05) is 27.7 Å². The van der Waals surface area contributed by atoms with Gasteiger partial charge in [0.1, 0.15) is 5.70 Å². The Morgan fingerprint density at radius 3 is 2.30 bits per heavy atom. The van der Waals surface area contributed by atoms with Crippen LogP contribution >= 0.6 is 0 Å². The molecule has 1 aromatic rings. The van der Waals surface area contributed by atoms with Gasteiger partial charge in [-0.2, -0.15) is 0 Å². The van der Waals surface area contributed by atoms with E-state index < -0.39 is 0 Å². The number of nitrogens with one attached hydrogen (secondary N) is 1. The number of rotatable bonds is 3. The summed E-state index contributed by atoms with van der Waals surface area (Å²) in [7, 11) is 0. The number of urea groups is 1. The maximum absolute atomic E-state index is 12.2. The fourth-order valence-electron chi connectivity index (χ4n) is 2.56. The van der Waals surface area contributed by atoms with Crippen molar-refractivity contribution in [3.05, 3.63) is 40.1 Å². The molecule has 0 spiro atoms. The van der Waals surface area contributed by atoms with Crippen molar-refractivity contribution in [2.45, 2.75) is 34.1 Å². The van der Waals surface area contributed by atoms with Gasteiger partial charge >= 0.3 is 6.03 Å². The van der Waals surface area contributed by atoms with Gasteiger partial charge in [0.25, 0.3) is 5.91 Å². The van der Waals surface area contributed by atoms with Crippen LogP contribution in [0.15, 0.2) is 17.8 Å². The van der Waals surface area contributed by atoms with E-state index in [9.17, 15) is 9.59 Å². The summed E-state index contributed by atoms with van der Waals surface area (Å²) in [5, 5.41) is 2.65. The van der Waals surface area contributed by atoms with Crippen molar-refractivity contribution < 1.29 is 9.59 Å². The Bertz CT molecular complexity index is 579. The zero-order chi connectivity index (χ0) is 14.9. The summed E-state index contributed by atoms with van der Waals surface area (Å²) in [6.07, 6.45) is 2.54. The first-order valence-electron chi connectivity index (χ1n) is 6.86. The van der Waals surface area contributed by atoms with Gasteiger partial charge in [-0.25, -0.2) is 4.79 Å². The Balaban J connectivity index is 2.38. The van der Waals surface area contributed by atoms with Gasteiger partial charge in [-0.3, -0.25) is 9.69 Å². The van der Waals surface area contributed by atoms with Crippen molar-refractivity contribution in [1.29, 1.82) is 0 Å². The molecule has 1 fully saturated rings. The third kappa shape index (κ3) is 2.59. The average molecular weight is 272 g/mol. The summed E-state index contributed by atoms with van der Waals surface area (Å²) in [4.78, 5) is 25.2. The van der Waals surface area contributed by atoms with Gasteiger partial charge in [-0.05, 0) is 50.0 Å². The molecule has 1 N–H and O–H groups in total. The number of aryl methyl sites for hydroxylation is 3. The van der Waals surface area contributed by atoms with Crippen molar-refractivity contribution >= 4 is 18.0 Å². The van der Waals surface area contributed by atoms with Crippen molar-refractivity contribution in [3.8, 4) is 0 Å². The largest absolute Gasteiger partial charge is 0.329 e. The van der Waals surface area contributed by atoms with Crippen LogP contribution in [0.1, 0.15) is 35.6 Å². The minimum Gasteiger partial charge on any atom is -0.303 e. The number of carbonyl (C=O) groups excluding carboxylic acids is 2. The van der Waals surface area contributed by atoms with Gasteiger partial charge in [-0.1, -0.05) is 24.6 Å². The van der Waals surface area contributed by atoms with E-state index in [2.05, 4.69) is 17.4 Å². The van der Waals surface area contributed by atoms with E-state index in [1.165, 1.54) is 10.5 Å². The summed E-state index contributed by atoms with van der Waals surface area (Å²) in [6.45, 7) is 8.46. The Morgan fingerprint density at radius 1 is 1.15 bits per heavy atom. The number of carbonyl (C=O) groups is 2. The molecule has 20 heavy (non-hydrogen) atoms. The topological polar surface area (TPSA) is 49.4 Å². The van der Waals surface area contributed by atoms with Crippen LogP contribution in [0.3, 0.4) is 0 Å². The lowest BCUT2D eigenvalue weighted by Gasteiger charge is -2.09. The predicted octanol–water partition coefficient (Wildman–Crippen LogP) is 2.91. The lowest BCUT2D eigenvalue weighted by molar-refractivity contribution is -0.122. The van der Waals surface area contributed by atoms with Crippen LogP contribution in [0.5, 0.6) is 0 Å². The highest BCUT2D eigenvalue weighted by Crippen LogP contribution is 2.21. The minimum atomic E-state index is -0.328.